The number of benzene rings is 2. The molecule has 0 bridgehead atoms. The van der Waals surface area contributed by atoms with Gasteiger partial charge in [0.05, 0.1) is 18.2 Å². The van der Waals surface area contributed by atoms with Gasteiger partial charge in [0.15, 0.2) is 0 Å². The van der Waals surface area contributed by atoms with Gasteiger partial charge >= 0.3 is 0 Å². The number of hydrogen-bond acceptors (Lipinski definition) is 3. The normalized spacial score (nSPS) is 16.5. The summed E-state index contributed by atoms with van der Waals surface area (Å²) in [5, 5.41) is 4.14. The molecule has 1 amide bonds. The molecule has 1 fully saturated rings. The average Bonchev–Trinajstić information content (AvgIpc) is 3.06. The highest BCUT2D eigenvalue weighted by Gasteiger charge is 2.36. The van der Waals surface area contributed by atoms with Gasteiger partial charge < -0.3 is 14.5 Å². The molecule has 134 valence electrons. The highest BCUT2D eigenvalue weighted by atomic mass is 19.1. The van der Waals surface area contributed by atoms with Gasteiger partial charge in [-0.2, -0.15) is 0 Å². The van der Waals surface area contributed by atoms with Crippen molar-refractivity contribution in [2.45, 2.75) is 24.8 Å². The van der Waals surface area contributed by atoms with Crippen LogP contribution in [-0.2, 0) is 21.5 Å². The van der Waals surface area contributed by atoms with Crippen molar-refractivity contribution in [1.82, 2.24) is 5.32 Å². The zero-order valence-corrected chi connectivity index (χ0v) is 14.3. The van der Waals surface area contributed by atoms with E-state index < -0.39 is 5.54 Å². The smallest absolute Gasteiger partial charge is 0.225 e. The fourth-order valence-electron chi connectivity index (χ4n) is 3.63. The van der Waals surface area contributed by atoms with Crippen molar-refractivity contribution in [2.75, 3.05) is 13.2 Å². The van der Waals surface area contributed by atoms with Crippen LogP contribution in [0.1, 0.15) is 24.0 Å². The minimum absolute atomic E-state index is 0.0808. The summed E-state index contributed by atoms with van der Waals surface area (Å²) in [6.07, 6.45) is 3.20. The molecule has 0 atom stereocenters. The summed E-state index contributed by atoms with van der Waals surface area (Å²) in [4.78, 5) is 12.8. The van der Waals surface area contributed by atoms with Gasteiger partial charge in [-0.25, -0.2) is 4.39 Å². The number of amides is 1. The van der Waals surface area contributed by atoms with Gasteiger partial charge in [-0.3, -0.25) is 4.79 Å². The number of fused-ring (bicyclic) bond motifs is 1. The van der Waals surface area contributed by atoms with E-state index in [1.165, 1.54) is 12.1 Å². The molecular weight excluding hydrogens is 333 g/mol. The van der Waals surface area contributed by atoms with Gasteiger partial charge in [0.1, 0.15) is 11.4 Å². The van der Waals surface area contributed by atoms with Gasteiger partial charge in [-0.05, 0) is 36.6 Å². The first kappa shape index (κ1) is 16.8. The molecule has 1 N–H and O–H groups in total. The molecule has 4 rings (SSSR count). The third-order valence-electron chi connectivity index (χ3n) is 5.03. The fourth-order valence-corrected chi connectivity index (χ4v) is 3.63. The van der Waals surface area contributed by atoms with Crippen molar-refractivity contribution in [3.05, 3.63) is 71.7 Å². The number of carbonyl (C=O) groups is 1. The number of rotatable bonds is 4. The molecule has 1 aromatic heterocycles. The third-order valence-corrected chi connectivity index (χ3v) is 5.03. The van der Waals surface area contributed by atoms with E-state index in [1.54, 1.807) is 18.4 Å². The summed E-state index contributed by atoms with van der Waals surface area (Å²) in [6, 6.07) is 14.0. The summed E-state index contributed by atoms with van der Waals surface area (Å²) in [7, 11) is 0. The number of para-hydroxylation sites is 1. The molecular formula is C21H20FNO3. The second kappa shape index (κ2) is 6.92. The van der Waals surface area contributed by atoms with E-state index in [1.807, 2.05) is 24.3 Å². The van der Waals surface area contributed by atoms with Gasteiger partial charge in [-0.1, -0.05) is 30.3 Å². The zero-order valence-electron chi connectivity index (χ0n) is 14.3. The van der Waals surface area contributed by atoms with Gasteiger partial charge in [0.25, 0.3) is 0 Å². The molecule has 1 aliphatic rings. The van der Waals surface area contributed by atoms with Crippen LogP contribution in [-0.4, -0.2) is 19.1 Å². The molecule has 4 nitrogen and oxygen atoms in total. The van der Waals surface area contributed by atoms with E-state index in [9.17, 15) is 9.18 Å². The quantitative estimate of drug-likeness (QED) is 0.773. The summed E-state index contributed by atoms with van der Waals surface area (Å²) >= 11 is 0. The number of halogens is 1. The van der Waals surface area contributed by atoms with E-state index in [-0.39, 0.29) is 18.1 Å². The first-order valence-electron chi connectivity index (χ1n) is 8.76. The van der Waals surface area contributed by atoms with E-state index >= 15 is 0 Å². The van der Waals surface area contributed by atoms with Gasteiger partial charge in [-0.15, -0.1) is 0 Å². The Balaban J connectivity index is 1.57. The number of hydrogen-bond donors (Lipinski definition) is 1. The van der Waals surface area contributed by atoms with Crippen LogP contribution in [0.4, 0.5) is 4.39 Å². The van der Waals surface area contributed by atoms with E-state index in [0.29, 0.717) is 26.1 Å². The third kappa shape index (κ3) is 3.22. The second-order valence-electron chi connectivity index (χ2n) is 6.68. The fraction of sp³-hybridized carbons (Fsp3) is 0.286. The van der Waals surface area contributed by atoms with Crippen molar-refractivity contribution >= 4 is 16.9 Å². The van der Waals surface area contributed by atoms with Gasteiger partial charge in [0, 0.05) is 24.2 Å². The lowest BCUT2D eigenvalue weighted by Gasteiger charge is -2.38. The lowest BCUT2D eigenvalue weighted by atomic mass is 9.82. The molecule has 0 saturated carbocycles. The van der Waals surface area contributed by atoms with Crippen molar-refractivity contribution in [3.63, 3.8) is 0 Å². The SMILES string of the molecule is O=C(Cc1coc2ccccc12)NC1(c2ccc(F)cc2)CCOCC1. The Morgan fingerprint density at radius 3 is 2.58 bits per heavy atom. The Morgan fingerprint density at radius 1 is 1.08 bits per heavy atom. The van der Waals surface area contributed by atoms with Crippen LogP contribution in [0.3, 0.4) is 0 Å². The Morgan fingerprint density at radius 2 is 1.81 bits per heavy atom. The minimum Gasteiger partial charge on any atom is -0.464 e. The Labute approximate surface area is 151 Å². The van der Waals surface area contributed by atoms with E-state index in [4.69, 9.17) is 9.15 Å². The molecule has 2 aromatic carbocycles. The highest BCUT2D eigenvalue weighted by Crippen LogP contribution is 2.32. The monoisotopic (exact) mass is 353 g/mol. The number of furan rings is 1. The molecule has 5 heteroatoms. The maximum Gasteiger partial charge on any atom is 0.225 e. The van der Waals surface area contributed by atoms with Crippen LogP contribution in [0.2, 0.25) is 0 Å². The molecule has 0 radical (unpaired) electrons. The molecule has 0 unspecified atom stereocenters. The lowest BCUT2D eigenvalue weighted by molar-refractivity contribution is -0.123. The first-order chi connectivity index (χ1) is 12.7. The maximum atomic E-state index is 13.3. The number of nitrogens with one attached hydrogen (secondary N) is 1. The molecule has 26 heavy (non-hydrogen) atoms. The van der Waals surface area contributed by atoms with E-state index in [0.717, 1.165) is 22.1 Å². The Kier molecular flexibility index (Phi) is 4.47. The van der Waals surface area contributed by atoms with E-state index in [2.05, 4.69) is 5.32 Å². The van der Waals surface area contributed by atoms with Crippen molar-refractivity contribution < 1.29 is 18.3 Å². The second-order valence-corrected chi connectivity index (χ2v) is 6.68. The molecule has 1 saturated heterocycles. The van der Waals surface area contributed by atoms with Crippen LogP contribution >= 0.6 is 0 Å². The van der Waals surface area contributed by atoms with Gasteiger partial charge in [0.2, 0.25) is 5.91 Å². The zero-order chi connectivity index (χ0) is 18.0. The first-order valence-corrected chi connectivity index (χ1v) is 8.76. The number of carbonyl (C=O) groups excluding carboxylic acids is 1. The topological polar surface area (TPSA) is 51.5 Å². The highest BCUT2D eigenvalue weighted by molar-refractivity contribution is 5.87. The van der Waals surface area contributed by atoms with Crippen LogP contribution in [0.15, 0.2) is 59.2 Å². The molecule has 0 spiro atoms. The predicted molar refractivity (Wildman–Crippen MR) is 96.2 cm³/mol. The van der Waals surface area contributed by atoms with Crippen LogP contribution < -0.4 is 5.32 Å². The summed E-state index contributed by atoms with van der Waals surface area (Å²) in [6.45, 7) is 1.12. The van der Waals surface area contributed by atoms with Crippen LogP contribution in [0, 0.1) is 5.82 Å². The summed E-state index contributed by atoms with van der Waals surface area (Å²) in [5.41, 5.74) is 2.02. The van der Waals surface area contributed by atoms with Crippen molar-refractivity contribution in [3.8, 4) is 0 Å². The average molecular weight is 353 g/mol. The summed E-state index contributed by atoms with van der Waals surface area (Å²) < 4.78 is 24.3. The Hall–Kier alpha value is -2.66. The maximum absolute atomic E-state index is 13.3. The lowest BCUT2D eigenvalue weighted by Crippen LogP contribution is -2.50. The standard InChI is InChI=1S/C21H20FNO3/c22-17-7-5-16(6-8-17)21(9-11-25-12-10-21)23-20(24)13-15-14-26-19-4-2-1-3-18(15)19/h1-8,14H,9-13H2,(H,23,24). The largest absolute Gasteiger partial charge is 0.464 e. The van der Waals surface area contributed by atoms with Crippen molar-refractivity contribution in [2.24, 2.45) is 0 Å². The molecule has 0 aliphatic carbocycles. The van der Waals surface area contributed by atoms with Crippen LogP contribution in [0.5, 0.6) is 0 Å². The van der Waals surface area contributed by atoms with Crippen molar-refractivity contribution in [1.29, 1.82) is 0 Å². The number of ether oxygens (including phenoxy) is 1. The molecule has 1 aliphatic heterocycles. The Bertz CT molecular complexity index is 910. The molecule has 3 aromatic rings. The summed E-state index contributed by atoms with van der Waals surface area (Å²) in [5.74, 6) is -0.366. The predicted octanol–water partition coefficient (Wildman–Crippen LogP) is 3.94. The minimum atomic E-state index is -0.525. The van der Waals surface area contributed by atoms with Crippen LogP contribution in [0.25, 0.3) is 11.0 Å². The molecule has 2 heterocycles.